The molecule has 0 radical (unpaired) electrons. The molecule has 2 N–H and O–H groups in total. The first-order valence-corrected chi connectivity index (χ1v) is 10.1. The Morgan fingerprint density at radius 3 is 2.55 bits per heavy atom. The van der Waals surface area contributed by atoms with Gasteiger partial charge in [0.15, 0.2) is 0 Å². The molecule has 2 amide bonds. The van der Waals surface area contributed by atoms with Gasteiger partial charge in [0.2, 0.25) is 0 Å². The summed E-state index contributed by atoms with van der Waals surface area (Å²) in [6.07, 6.45) is 4.28. The minimum atomic E-state index is -0.673. The van der Waals surface area contributed by atoms with Gasteiger partial charge in [-0.3, -0.25) is 9.59 Å². The lowest BCUT2D eigenvalue weighted by Gasteiger charge is -2.13. The van der Waals surface area contributed by atoms with E-state index in [2.05, 4.69) is 10.6 Å². The molecule has 3 rings (SSSR count). The average molecular weight is 423 g/mol. The SMILES string of the molecule is CN(C)CCCNC(=O)/C(=C/c1cn(C)c2ccccc12)NC(=O)c1ccccc1F. The number of aryl methyl sites for hydroxylation is 1. The summed E-state index contributed by atoms with van der Waals surface area (Å²) in [5, 5.41) is 6.38. The predicted octanol–water partition coefficient (Wildman–Crippen LogP) is 3.16. The quantitative estimate of drug-likeness (QED) is 0.433. The van der Waals surface area contributed by atoms with Gasteiger partial charge in [0, 0.05) is 36.3 Å². The molecule has 0 aliphatic carbocycles. The zero-order valence-electron chi connectivity index (χ0n) is 18.0. The fraction of sp³-hybridized carbons (Fsp3) is 0.250. The zero-order chi connectivity index (χ0) is 22.4. The Kier molecular flexibility index (Phi) is 7.20. The molecule has 2 aromatic carbocycles. The number of carbonyl (C=O) groups is 2. The monoisotopic (exact) mass is 422 g/mol. The molecular weight excluding hydrogens is 395 g/mol. The minimum Gasteiger partial charge on any atom is -0.351 e. The first-order chi connectivity index (χ1) is 14.9. The van der Waals surface area contributed by atoms with Crippen LogP contribution >= 0.6 is 0 Å². The van der Waals surface area contributed by atoms with Crippen LogP contribution in [-0.4, -0.2) is 48.5 Å². The lowest BCUT2D eigenvalue weighted by atomic mass is 10.1. The number of hydrogen-bond acceptors (Lipinski definition) is 3. The van der Waals surface area contributed by atoms with Crippen molar-refractivity contribution in [3.8, 4) is 0 Å². The molecule has 0 saturated heterocycles. The van der Waals surface area contributed by atoms with Gasteiger partial charge in [0.25, 0.3) is 11.8 Å². The molecule has 0 saturated carbocycles. The number of carbonyl (C=O) groups excluding carboxylic acids is 2. The van der Waals surface area contributed by atoms with Crippen molar-refractivity contribution in [2.45, 2.75) is 6.42 Å². The molecule has 6 nitrogen and oxygen atoms in total. The number of aromatic nitrogens is 1. The van der Waals surface area contributed by atoms with Crippen molar-refractivity contribution in [3.63, 3.8) is 0 Å². The van der Waals surface area contributed by atoms with Crippen LogP contribution in [0.5, 0.6) is 0 Å². The highest BCUT2D eigenvalue weighted by Gasteiger charge is 2.18. The van der Waals surface area contributed by atoms with E-state index in [0.717, 1.165) is 29.4 Å². The summed E-state index contributed by atoms with van der Waals surface area (Å²) in [5.74, 6) is -1.74. The van der Waals surface area contributed by atoms with Crippen LogP contribution in [0, 0.1) is 5.82 Å². The number of para-hydroxylation sites is 1. The highest BCUT2D eigenvalue weighted by atomic mass is 19.1. The van der Waals surface area contributed by atoms with Crippen LogP contribution in [-0.2, 0) is 11.8 Å². The number of halogens is 1. The molecule has 0 unspecified atom stereocenters. The van der Waals surface area contributed by atoms with Gasteiger partial charge in [-0.15, -0.1) is 0 Å². The summed E-state index contributed by atoms with van der Waals surface area (Å²) in [5.41, 5.74) is 1.73. The number of hydrogen-bond donors (Lipinski definition) is 2. The fourth-order valence-corrected chi connectivity index (χ4v) is 3.33. The summed E-state index contributed by atoms with van der Waals surface area (Å²) >= 11 is 0. The van der Waals surface area contributed by atoms with E-state index in [1.54, 1.807) is 12.1 Å². The smallest absolute Gasteiger partial charge is 0.267 e. The van der Waals surface area contributed by atoms with Gasteiger partial charge >= 0.3 is 0 Å². The normalized spacial score (nSPS) is 11.7. The third-order valence-corrected chi connectivity index (χ3v) is 4.91. The largest absolute Gasteiger partial charge is 0.351 e. The molecule has 0 bridgehead atoms. The standard InChI is InChI=1S/C24H27FN4O2/c1-28(2)14-8-13-26-24(31)21(27-23(30)19-10-4-6-11-20(19)25)15-17-16-29(3)22-12-7-5-9-18(17)22/h4-7,9-12,15-16H,8,13-14H2,1-3H3,(H,26,31)(H,27,30)/b21-15-. The molecule has 0 spiro atoms. The Bertz CT molecular complexity index is 1120. The van der Waals surface area contributed by atoms with E-state index >= 15 is 0 Å². The third kappa shape index (κ3) is 5.58. The maximum atomic E-state index is 14.1. The maximum absolute atomic E-state index is 14.1. The van der Waals surface area contributed by atoms with E-state index < -0.39 is 17.6 Å². The summed E-state index contributed by atoms with van der Waals surface area (Å²) < 4.78 is 16.0. The second-order valence-corrected chi connectivity index (χ2v) is 7.62. The van der Waals surface area contributed by atoms with Crippen molar-refractivity contribution < 1.29 is 14.0 Å². The Labute approximate surface area is 181 Å². The highest BCUT2D eigenvalue weighted by Crippen LogP contribution is 2.22. The summed E-state index contributed by atoms with van der Waals surface area (Å²) in [4.78, 5) is 27.6. The Hall–Kier alpha value is -3.45. The molecule has 1 heterocycles. The molecule has 0 atom stereocenters. The van der Waals surface area contributed by atoms with E-state index in [-0.39, 0.29) is 11.3 Å². The van der Waals surface area contributed by atoms with E-state index in [1.807, 2.05) is 61.1 Å². The van der Waals surface area contributed by atoms with Crippen molar-refractivity contribution in [1.29, 1.82) is 0 Å². The number of rotatable bonds is 8. The molecule has 0 aliphatic heterocycles. The third-order valence-electron chi connectivity index (χ3n) is 4.91. The molecule has 7 heteroatoms. The second kappa shape index (κ2) is 10.0. The van der Waals surface area contributed by atoms with Crippen LogP contribution in [0.2, 0.25) is 0 Å². The van der Waals surface area contributed by atoms with Gasteiger partial charge in [-0.1, -0.05) is 30.3 Å². The summed E-state index contributed by atoms with van der Waals surface area (Å²) in [6, 6.07) is 13.5. The van der Waals surface area contributed by atoms with Crippen molar-refractivity contribution in [3.05, 3.63) is 77.4 Å². The first kappa shape index (κ1) is 22.2. The van der Waals surface area contributed by atoms with E-state index in [0.29, 0.717) is 6.54 Å². The van der Waals surface area contributed by atoms with Crippen LogP contribution in [0.15, 0.2) is 60.4 Å². The van der Waals surface area contributed by atoms with E-state index in [9.17, 15) is 14.0 Å². The number of nitrogens with zero attached hydrogens (tertiary/aromatic N) is 2. The number of fused-ring (bicyclic) bond motifs is 1. The number of amides is 2. The van der Waals surface area contributed by atoms with Crippen LogP contribution in [0.4, 0.5) is 4.39 Å². The first-order valence-electron chi connectivity index (χ1n) is 10.1. The molecule has 0 fully saturated rings. The molecule has 162 valence electrons. The van der Waals surface area contributed by atoms with Crippen molar-refractivity contribution in [2.24, 2.45) is 7.05 Å². The molecular formula is C24H27FN4O2. The Morgan fingerprint density at radius 1 is 1.10 bits per heavy atom. The van der Waals surface area contributed by atoms with Crippen molar-refractivity contribution >= 4 is 28.8 Å². The van der Waals surface area contributed by atoms with Crippen LogP contribution < -0.4 is 10.6 Å². The van der Waals surface area contributed by atoms with Gasteiger partial charge in [0.05, 0.1) is 5.56 Å². The average Bonchev–Trinajstić information content (AvgIpc) is 3.06. The van der Waals surface area contributed by atoms with Gasteiger partial charge in [-0.05, 0) is 51.3 Å². The Morgan fingerprint density at radius 2 is 1.81 bits per heavy atom. The molecule has 0 aliphatic rings. The molecule has 31 heavy (non-hydrogen) atoms. The lowest BCUT2D eigenvalue weighted by molar-refractivity contribution is -0.117. The lowest BCUT2D eigenvalue weighted by Crippen LogP contribution is -2.36. The second-order valence-electron chi connectivity index (χ2n) is 7.62. The highest BCUT2D eigenvalue weighted by molar-refractivity contribution is 6.06. The van der Waals surface area contributed by atoms with Gasteiger partial charge in [-0.2, -0.15) is 0 Å². The number of benzene rings is 2. The fourth-order valence-electron chi connectivity index (χ4n) is 3.33. The van der Waals surface area contributed by atoms with Crippen molar-refractivity contribution in [2.75, 3.05) is 27.2 Å². The van der Waals surface area contributed by atoms with Crippen LogP contribution in [0.25, 0.3) is 17.0 Å². The zero-order valence-corrected chi connectivity index (χ0v) is 18.0. The van der Waals surface area contributed by atoms with Gasteiger partial charge in [-0.25, -0.2) is 4.39 Å². The summed E-state index contributed by atoms with van der Waals surface area (Å²) in [7, 11) is 5.84. The molecule has 1 aromatic heterocycles. The van der Waals surface area contributed by atoms with Crippen LogP contribution in [0.3, 0.4) is 0 Å². The van der Waals surface area contributed by atoms with E-state index in [4.69, 9.17) is 0 Å². The topological polar surface area (TPSA) is 66.4 Å². The van der Waals surface area contributed by atoms with E-state index in [1.165, 1.54) is 18.2 Å². The van der Waals surface area contributed by atoms with Crippen molar-refractivity contribution in [1.82, 2.24) is 20.1 Å². The molecule has 3 aromatic rings. The minimum absolute atomic E-state index is 0.0643. The predicted molar refractivity (Wildman–Crippen MR) is 121 cm³/mol. The van der Waals surface area contributed by atoms with Gasteiger partial charge in [0.1, 0.15) is 11.5 Å². The Balaban J connectivity index is 1.90. The van der Waals surface area contributed by atoms with Crippen LogP contribution in [0.1, 0.15) is 22.3 Å². The number of nitrogens with one attached hydrogen (secondary N) is 2. The van der Waals surface area contributed by atoms with Gasteiger partial charge < -0.3 is 20.1 Å². The summed E-state index contributed by atoms with van der Waals surface area (Å²) in [6.45, 7) is 1.28. The maximum Gasteiger partial charge on any atom is 0.267 e.